The SMILES string of the molecule is CCC(O)CNc1nc(NN)c(F)cc1F. The number of pyridine rings is 1. The van der Waals surface area contributed by atoms with E-state index in [0.717, 1.165) is 0 Å². The van der Waals surface area contributed by atoms with Crippen LogP contribution in [0, 0.1) is 11.6 Å². The number of nitrogens with one attached hydrogen (secondary N) is 2. The summed E-state index contributed by atoms with van der Waals surface area (Å²) in [6, 6.07) is 0.669. The Morgan fingerprint density at radius 1 is 1.44 bits per heavy atom. The van der Waals surface area contributed by atoms with E-state index in [-0.39, 0.29) is 18.2 Å². The highest BCUT2D eigenvalue weighted by molar-refractivity contribution is 5.46. The number of rotatable bonds is 5. The molecule has 0 saturated carbocycles. The molecule has 1 heterocycles. The molecule has 5 nitrogen and oxygen atoms in total. The summed E-state index contributed by atoms with van der Waals surface area (Å²) in [5.74, 6) is 2.89. The van der Waals surface area contributed by atoms with Crippen molar-refractivity contribution in [3.63, 3.8) is 0 Å². The molecule has 90 valence electrons. The number of nitrogens with two attached hydrogens (primary N) is 1. The average Bonchev–Trinajstić information content (AvgIpc) is 2.27. The van der Waals surface area contributed by atoms with Gasteiger partial charge in [-0.1, -0.05) is 6.92 Å². The van der Waals surface area contributed by atoms with E-state index in [0.29, 0.717) is 12.5 Å². The maximum atomic E-state index is 13.2. The molecule has 0 aliphatic carbocycles. The molecule has 0 saturated heterocycles. The van der Waals surface area contributed by atoms with Crippen LogP contribution in [-0.4, -0.2) is 22.7 Å². The number of halogens is 2. The summed E-state index contributed by atoms with van der Waals surface area (Å²) in [4.78, 5) is 3.59. The van der Waals surface area contributed by atoms with Crippen molar-refractivity contribution in [1.29, 1.82) is 0 Å². The first kappa shape index (κ1) is 12.6. The van der Waals surface area contributed by atoms with Crippen LogP contribution in [0.1, 0.15) is 13.3 Å². The van der Waals surface area contributed by atoms with Crippen LogP contribution in [0.25, 0.3) is 0 Å². The Hall–Kier alpha value is -1.47. The van der Waals surface area contributed by atoms with Gasteiger partial charge in [-0.15, -0.1) is 0 Å². The highest BCUT2D eigenvalue weighted by Gasteiger charge is 2.11. The predicted octanol–water partition coefficient (Wildman–Crippen LogP) is 0.828. The number of hydrazine groups is 1. The van der Waals surface area contributed by atoms with Crippen LogP contribution in [0.5, 0.6) is 0 Å². The van der Waals surface area contributed by atoms with Gasteiger partial charge in [-0.3, -0.25) is 0 Å². The number of hydrogen-bond acceptors (Lipinski definition) is 5. The molecule has 1 atom stereocenters. The minimum atomic E-state index is -0.874. The number of hydrogen-bond donors (Lipinski definition) is 4. The average molecular weight is 232 g/mol. The van der Waals surface area contributed by atoms with Crippen molar-refractivity contribution in [2.24, 2.45) is 5.84 Å². The van der Waals surface area contributed by atoms with Crippen molar-refractivity contribution in [2.75, 3.05) is 17.3 Å². The number of aliphatic hydroxyl groups is 1. The second-order valence-corrected chi connectivity index (χ2v) is 3.24. The zero-order chi connectivity index (χ0) is 12.1. The van der Waals surface area contributed by atoms with E-state index < -0.39 is 17.7 Å². The standard InChI is InChI=1S/C9H14F2N4O/c1-2-5(16)4-13-8-6(10)3-7(11)9(14-8)15-12/h3,5,16H,2,4,12H2,1H3,(H2,13,14,15). The van der Waals surface area contributed by atoms with E-state index in [4.69, 9.17) is 5.84 Å². The van der Waals surface area contributed by atoms with Crippen LogP contribution in [-0.2, 0) is 0 Å². The van der Waals surface area contributed by atoms with Crippen LogP contribution in [0.2, 0.25) is 0 Å². The molecule has 0 radical (unpaired) electrons. The van der Waals surface area contributed by atoms with E-state index in [1.54, 1.807) is 6.92 Å². The Morgan fingerprint density at radius 2 is 2.06 bits per heavy atom. The maximum absolute atomic E-state index is 13.2. The van der Waals surface area contributed by atoms with Crippen molar-refractivity contribution < 1.29 is 13.9 Å². The lowest BCUT2D eigenvalue weighted by atomic mass is 10.3. The van der Waals surface area contributed by atoms with Gasteiger partial charge in [0.2, 0.25) is 0 Å². The van der Waals surface area contributed by atoms with Gasteiger partial charge in [0, 0.05) is 12.6 Å². The second kappa shape index (κ2) is 5.57. The molecule has 0 spiro atoms. The summed E-state index contributed by atoms with van der Waals surface area (Å²) in [5.41, 5.74) is 2.01. The third-order valence-corrected chi connectivity index (χ3v) is 2.04. The monoisotopic (exact) mass is 232 g/mol. The topological polar surface area (TPSA) is 83.2 Å². The van der Waals surface area contributed by atoms with E-state index >= 15 is 0 Å². The Morgan fingerprint density at radius 3 is 2.62 bits per heavy atom. The number of nitrogens with zero attached hydrogens (tertiary/aromatic N) is 1. The van der Waals surface area contributed by atoms with Crippen molar-refractivity contribution >= 4 is 11.6 Å². The molecular formula is C9H14F2N4O. The molecule has 1 rings (SSSR count). The number of aliphatic hydroxyl groups excluding tert-OH is 1. The van der Waals surface area contributed by atoms with Crippen molar-refractivity contribution in [2.45, 2.75) is 19.4 Å². The third-order valence-electron chi connectivity index (χ3n) is 2.04. The van der Waals surface area contributed by atoms with E-state index in [1.165, 1.54) is 0 Å². The lowest BCUT2D eigenvalue weighted by Gasteiger charge is -2.11. The molecular weight excluding hydrogens is 218 g/mol. The Balaban J connectivity index is 2.79. The third kappa shape index (κ3) is 3.01. The summed E-state index contributed by atoms with van der Waals surface area (Å²) >= 11 is 0. The van der Waals surface area contributed by atoms with Gasteiger partial charge >= 0.3 is 0 Å². The predicted molar refractivity (Wildman–Crippen MR) is 56.8 cm³/mol. The summed E-state index contributed by atoms with van der Waals surface area (Å²) < 4.78 is 26.2. The first-order valence-corrected chi connectivity index (χ1v) is 4.83. The quantitative estimate of drug-likeness (QED) is 0.446. The number of anilines is 2. The van der Waals surface area contributed by atoms with Gasteiger partial charge in [-0.25, -0.2) is 19.6 Å². The van der Waals surface area contributed by atoms with Gasteiger partial charge in [0.1, 0.15) is 0 Å². The van der Waals surface area contributed by atoms with Gasteiger partial charge in [0.05, 0.1) is 6.10 Å². The Labute approximate surface area is 91.6 Å². The van der Waals surface area contributed by atoms with Gasteiger partial charge < -0.3 is 15.8 Å². The van der Waals surface area contributed by atoms with Crippen LogP contribution in [0.15, 0.2) is 6.07 Å². The first-order valence-electron chi connectivity index (χ1n) is 4.83. The van der Waals surface area contributed by atoms with E-state index in [9.17, 15) is 13.9 Å². The molecule has 0 bridgehead atoms. The molecule has 16 heavy (non-hydrogen) atoms. The first-order chi connectivity index (χ1) is 7.58. The van der Waals surface area contributed by atoms with Crippen molar-refractivity contribution in [3.05, 3.63) is 17.7 Å². The number of nitrogen functional groups attached to an aromatic ring is 1. The van der Waals surface area contributed by atoms with Crippen LogP contribution in [0.3, 0.4) is 0 Å². The van der Waals surface area contributed by atoms with Crippen LogP contribution in [0.4, 0.5) is 20.4 Å². The molecule has 0 amide bonds. The van der Waals surface area contributed by atoms with Gasteiger partial charge in [0.15, 0.2) is 23.3 Å². The normalized spacial score (nSPS) is 12.3. The molecule has 7 heteroatoms. The van der Waals surface area contributed by atoms with Crippen LogP contribution >= 0.6 is 0 Å². The molecule has 0 aliphatic heterocycles. The van der Waals surface area contributed by atoms with Gasteiger partial charge in [-0.05, 0) is 6.42 Å². The summed E-state index contributed by atoms with van der Waals surface area (Å²) in [6.45, 7) is 1.92. The summed E-state index contributed by atoms with van der Waals surface area (Å²) in [6.07, 6.45) is -0.0850. The Kier molecular flexibility index (Phi) is 4.39. The smallest absolute Gasteiger partial charge is 0.178 e. The molecule has 5 N–H and O–H groups in total. The largest absolute Gasteiger partial charge is 0.391 e. The highest BCUT2D eigenvalue weighted by Crippen LogP contribution is 2.18. The minimum Gasteiger partial charge on any atom is -0.391 e. The highest BCUT2D eigenvalue weighted by atomic mass is 19.1. The maximum Gasteiger partial charge on any atom is 0.178 e. The Bertz CT molecular complexity index is 362. The lowest BCUT2D eigenvalue weighted by molar-refractivity contribution is 0.183. The lowest BCUT2D eigenvalue weighted by Crippen LogP contribution is -2.20. The van der Waals surface area contributed by atoms with Crippen molar-refractivity contribution in [1.82, 2.24) is 4.98 Å². The molecule has 1 aromatic rings. The summed E-state index contributed by atoms with van der Waals surface area (Å²) in [5, 5.41) is 11.8. The molecule has 0 fully saturated rings. The van der Waals surface area contributed by atoms with Gasteiger partial charge in [-0.2, -0.15) is 0 Å². The zero-order valence-electron chi connectivity index (χ0n) is 8.80. The fourth-order valence-electron chi connectivity index (χ4n) is 1.05. The van der Waals surface area contributed by atoms with Gasteiger partial charge in [0.25, 0.3) is 0 Å². The molecule has 0 aromatic carbocycles. The summed E-state index contributed by atoms with van der Waals surface area (Å²) in [7, 11) is 0. The second-order valence-electron chi connectivity index (χ2n) is 3.24. The minimum absolute atomic E-state index is 0.135. The van der Waals surface area contributed by atoms with Crippen LogP contribution < -0.4 is 16.6 Å². The van der Waals surface area contributed by atoms with E-state index in [1.807, 2.05) is 5.43 Å². The zero-order valence-corrected chi connectivity index (χ0v) is 8.80. The molecule has 1 unspecified atom stereocenters. The fourth-order valence-corrected chi connectivity index (χ4v) is 1.05. The van der Waals surface area contributed by atoms with Crippen molar-refractivity contribution in [3.8, 4) is 0 Å². The fraction of sp³-hybridized carbons (Fsp3) is 0.444. The molecule has 0 aliphatic rings. The number of aromatic nitrogens is 1. The molecule has 1 aromatic heterocycles. The van der Waals surface area contributed by atoms with E-state index in [2.05, 4.69) is 10.3 Å².